The van der Waals surface area contributed by atoms with Crippen molar-refractivity contribution in [2.75, 3.05) is 0 Å². The summed E-state index contributed by atoms with van der Waals surface area (Å²) in [5.74, 6) is 0. The Kier molecular flexibility index (Phi) is 9.20. The number of hydrogen-bond donors (Lipinski definition) is 2. The molecule has 0 aromatic carbocycles. The molecule has 5 heavy (non-hydrogen) atoms. The van der Waals surface area contributed by atoms with Gasteiger partial charge in [0.1, 0.15) is 4.32 Å². The van der Waals surface area contributed by atoms with Crippen molar-refractivity contribution in [3.63, 3.8) is 0 Å². The maximum atomic E-state index is 4.71. The minimum absolute atomic E-state index is 0. The van der Waals surface area contributed by atoms with Gasteiger partial charge in [0.2, 0.25) is 0 Å². The third-order valence-corrected chi connectivity index (χ3v) is 0. The average molecular weight is 189 g/mol. The zero-order valence-electron chi connectivity index (χ0n) is 2.34. The van der Waals surface area contributed by atoms with Gasteiger partial charge in [-0.1, -0.05) is 12.2 Å². The Morgan fingerprint density at radius 2 is 1.80 bits per heavy atom. The van der Waals surface area contributed by atoms with E-state index >= 15 is 0 Å². The van der Waals surface area contributed by atoms with Crippen LogP contribution in [-0.2, 0) is 21.1 Å². The van der Waals surface area contributed by atoms with E-state index in [-0.39, 0.29) is 25.4 Å². The SMILES string of the molecule is NC(=S)S.[Mo]. The molecule has 0 saturated heterocycles. The quantitative estimate of drug-likeness (QED) is 0.322. The molecule has 0 aromatic rings. The smallest absolute Gasteiger partial charge is 0.128 e. The van der Waals surface area contributed by atoms with E-state index < -0.39 is 0 Å². The summed E-state index contributed by atoms with van der Waals surface area (Å²) in [4.78, 5) is 0. The van der Waals surface area contributed by atoms with Gasteiger partial charge in [-0.15, -0.1) is 12.6 Å². The third kappa shape index (κ3) is 49.0. The van der Waals surface area contributed by atoms with Gasteiger partial charge in [-0.05, 0) is 0 Å². The monoisotopic (exact) mass is 191 g/mol. The van der Waals surface area contributed by atoms with E-state index in [1.165, 1.54) is 0 Å². The van der Waals surface area contributed by atoms with Crippen LogP contribution in [0.3, 0.4) is 0 Å². The molecule has 4 heteroatoms. The number of rotatable bonds is 0. The molecule has 0 spiro atoms. The molecule has 0 amide bonds. The fraction of sp³-hybridized carbons (Fsp3) is 0. The van der Waals surface area contributed by atoms with Crippen molar-refractivity contribution in [3.05, 3.63) is 0 Å². The molecule has 0 aromatic heterocycles. The van der Waals surface area contributed by atoms with E-state index in [1.54, 1.807) is 0 Å². The van der Waals surface area contributed by atoms with E-state index in [2.05, 4.69) is 24.8 Å². The van der Waals surface area contributed by atoms with Crippen LogP contribution in [-0.4, -0.2) is 4.32 Å². The summed E-state index contributed by atoms with van der Waals surface area (Å²) in [7, 11) is 0. The molecule has 2 N–H and O–H groups in total. The summed E-state index contributed by atoms with van der Waals surface area (Å²) in [6, 6.07) is 0. The van der Waals surface area contributed by atoms with Crippen LogP contribution in [0.4, 0.5) is 0 Å². The van der Waals surface area contributed by atoms with Crippen molar-refractivity contribution in [3.8, 4) is 0 Å². The van der Waals surface area contributed by atoms with Crippen molar-refractivity contribution in [2.45, 2.75) is 0 Å². The Morgan fingerprint density at radius 3 is 1.80 bits per heavy atom. The van der Waals surface area contributed by atoms with Gasteiger partial charge in [-0.2, -0.15) is 0 Å². The molecule has 0 unspecified atom stereocenters. The number of thiol groups is 1. The van der Waals surface area contributed by atoms with Gasteiger partial charge < -0.3 is 5.73 Å². The van der Waals surface area contributed by atoms with Crippen LogP contribution in [0.15, 0.2) is 0 Å². The van der Waals surface area contributed by atoms with Gasteiger partial charge in [0.15, 0.2) is 0 Å². The molecule has 1 nitrogen and oxygen atoms in total. The van der Waals surface area contributed by atoms with Crippen LogP contribution in [0.25, 0.3) is 0 Å². The molecule has 0 fully saturated rings. The molecule has 0 atom stereocenters. The van der Waals surface area contributed by atoms with Crippen LogP contribution < -0.4 is 5.73 Å². The Morgan fingerprint density at radius 1 is 1.80 bits per heavy atom. The summed E-state index contributed by atoms with van der Waals surface area (Å²) in [6.07, 6.45) is 0. The molecule has 0 aliphatic heterocycles. The Bertz CT molecular complexity index is 32.6. The van der Waals surface area contributed by atoms with Crippen LogP contribution in [0.1, 0.15) is 0 Å². The van der Waals surface area contributed by atoms with Crippen LogP contribution in [0.2, 0.25) is 0 Å². The summed E-state index contributed by atoms with van der Waals surface area (Å²) in [5, 5.41) is 0. The van der Waals surface area contributed by atoms with E-state index in [9.17, 15) is 0 Å². The van der Waals surface area contributed by atoms with Crippen LogP contribution in [0, 0.1) is 0 Å². The summed E-state index contributed by atoms with van der Waals surface area (Å²) < 4.78 is 0.194. The topological polar surface area (TPSA) is 26.0 Å². The van der Waals surface area contributed by atoms with Crippen molar-refractivity contribution >= 4 is 29.2 Å². The van der Waals surface area contributed by atoms with Crippen molar-refractivity contribution in [2.24, 2.45) is 5.73 Å². The molecule has 0 bridgehead atoms. The van der Waals surface area contributed by atoms with E-state index in [0.29, 0.717) is 0 Å². The molecule has 30 valence electrons. The molecule has 0 heterocycles. The maximum Gasteiger partial charge on any atom is 0.128 e. The average Bonchev–Trinajstić information content (AvgIpc) is 0.811. The first-order valence-corrected chi connectivity index (χ1v) is 1.57. The van der Waals surface area contributed by atoms with Crippen LogP contribution >= 0.6 is 24.8 Å². The molecule has 0 aliphatic carbocycles. The molecule has 0 saturated carbocycles. The van der Waals surface area contributed by atoms with Gasteiger partial charge in [0.05, 0.1) is 0 Å². The maximum absolute atomic E-state index is 4.71. The number of nitrogens with two attached hydrogens (primary N) is 1. The van der Waals surface area contributed by atoms with Gasteiger partial charge in [0, 0.05) is 21.1 Å². The van der Waals surface area contributed by atoms with E-state index in [0.717, 1.165) is 0 Å². The van der Waals surface area contributed by atoms with Crippen molar-refractivity contribution < 1.29 is 21.1 Å². The normalized spacial score (nSPS) is 5.00. The second-order valence-corrected chi connectivity index (χ2v) is 1.56. The summed E-state index contributed by atoms with van der Waals surface area (Å²) in [6.45, 7) is 0. The standard InChI is InChI=1S/CH3NS2.Mo/c2-1(3)4;/h(H3,2,3,4);. The Hall–Kier alpha value is 0.928. The molecular weight excluding hydrogens is 186 g/mol. The predicted octanol–water partition coefficient (Wildman–Crippen LogP) is 0.157. The first-order valence-electron chi connectivity index (χ1n) is 0.716. The molecule has 0 rings (SSSR count). The second kappa shape index (κ2) is 4.93. The molecule has 0 radical (unpaired) electrons. The van der Waals surface area contributed by atoms with Gasteiger partial charge in [-0.25, -0.2) is 0 Å². The second-order valence-electron chi connectivity index (χ2n) is 0.338. The Labute approximate surface area is 56.0 Å². The fourth-order valence-electron chi connectivity index (χ4n) is 0. The zero-order valence-corrected chi connectivity index (χ0v) is 6.06. The zero-order chi connectivity index (χ0) is 3.58. The van der Waals surface area contributed by atoms with E-state index in [1.807, 2.05) is 0 Å². The van der Waals surface area contributed by atoms with Crippen LogP contribution in [0.5, 0.6) is 0 Å². The van der Waals surface area contributed by atoms with Gasteiger partial charge in [0.25, 0.3) is 0 Å². The van der Waals surface area contributed by atoms with Gasteiger partial charge >= 0.3 is 0 Å². The fourth-order valence-corrected chi connectivity index (χ4v) is 0. The Balaban J connectivity index is 0. The first kappa shape index (κ1) is 9.33. The molecule has 0 aliphatic rings. The largest absolute Gasteiger partial charge is 0.385 e. The number of thiocarbonyl (C=S) groups is 1. The first-order chi connectivity index (χ1) is 1.73. The predicted molar refractivity (Wildman–Crippen MR) is 25.8 cm³/mol. The van der Waals surface area contributed by atoms with Crippen molar-refractivity contribution in [1.82, 2.24) is 0 Å². The van der Waals surface area contributed by atoms with Crippen molar-refractivity contribution in [1.29, 1.82) is 0 Å². The minimum Gasteiger partial charge on any atom is -0.385 e. The van der Waals surface area contributed by atoms with Gasteiger partial charge in [-0.3, -0.25) is 0 Å². The third-order valence-electron chi connectivity index (χ3n) is 0. The van der Waals surface area contributed by atoms with E-state index in [4.69, 9.17) is 5.73 Å². The minimum atomic E-state index is 0. The summed E-state index contributed by atoms with van der Waals surface area (Å²) >= 11 is 7.65. The summed E-state index contributed by atoms with van der Waals surface area (Å²) in [5.41, 5.74) is 4.71. The molecular formula is CH3MoNS2. The number of hydrogen-bond acceptors (Lipinski definition) is 1.